The molecule has 1 N–H and O–H groups in total. The Morgan fingerprint density at radius 2 is 2.19 bits per heavy atom. The minimum Gasteiger partial charge on any atom is -0.492 e. The number of hydrogen-bond acceptors (Lipinski definition) is 4. The van der Waals surface area contributed by atoms with Crippen LogP contribution in [0.25, 0.3) is 0 Å². The van der Waals surface area contributed by atoms with Crippen LogP contribution in [-0.4, -0.2) is 24.6 Å². The van der Waals surface area contributed by atoms with Crippen LogP contribution in [0.15, 0.2) is 12.1 Å². The van der Waals surface area contributed by atoms with Crippen LogP contribution >= 0.6 is 0 Å². The van der Waals surface area contributed by atoms with E-state index in [-0.39, 0.29) is 6.79 Å². The first-order valence-electron chi connectivity index (χ1n) is 5.40. The number of aliphatic hydroxyl groups is 1. The highest BCUT2D eigenvalue weighted by molar-refractivity contribution is 5.57. The minimum atomic E-state index is -0.527. The van der Waals surface area contributed by atoms with E-state index in [9.17, 15) is 5.11 Å². The average molecular weight is 222 g/mol. The zero-order chi connectivity index (χ0) is 11.2. The van der Waals surface area contributed by atoms with E-state index in [0.717, 1.165) is 18.4 Å². The quantitative estimate of drug-likeness (QED) is 0.841. The fourth-order valence-corrected chi connectivity index (χ4v) is 2.03. The van der Waals surface area contributed by atoms with Crippen molar-refractivity contribution in [2.75, 3.05) is 13.9 Å². The Morgan fingerprint density at radius 3 is 2.88 bits per heavy atom. The van der Waals surface area contributed by atoms with Gasteiger partial charge in [-0.15, -0.1) is 0 Å². The Kier molecular flexibility index (Phi) is 2.01. The van der Waals surface area contributed by atoms with Crippen molar-refractivity contribution < 1.29 is 19.3 Å². The summed E-state index contributed by atoms with van der Waals surface area (Å²) in [6.45, 7) is 0.236. The molecule has 0 atom stereocenters. The summed E-state index contributed by atoms with van der Waals surface area (Å²) in [5.41, 5.74) is 0.452. The second-order valence-corrected chi connectivity index (χ2v) is 4.39. The largest absolute Gasteiger partial charge is 0.492 e. The molecule has 0 radical (unpaired) electrons. The average Bonchev–Trinajstić information content (AvgIpc) is 2.80. The number of fused-ring (bicyclic) bond motifs is 1. The van der Waals surface area contributed by atoms with Crippen LogP contribution in [0.4, 0.5) is 0 Å². The van der Waals surface area contributed by atoms with E-state index in [4.69, 9.17) is 14.2 Å². The maximum absolute atomic E-state index is 9.92. The molecule has 4 heteroatoms. The second kappa shape index (κ2) is 3.28. The third kappa shape index (κ3) is 1.50. The molecule has 0 saturated heterocycles. The van der Waals surface area contributed by atoms with Crippen molar-refractivity contribution in [3.05, 3.63) is 17.7 Å². The minimum absolute atomic E-state index is 0.236. The van der Waals surface area contributed by atoms with Crippen molar-refractivity contribution in [3.8, 4) is 17.2 Å². The first-order chi connectivity index (χ1) is 7.72. The molecule has 16 heavy (non-hydrogen) atoms. The number of methoxy groups -OCH3 is 1. The summed E-state index contributed by atoms with van der Waals surface area (Å²) in [6.07, 6.45) is 2.35. The molecule has 3 rings (SSSR count). The lowest BCUT2D eigenvalue weighted by molar-refractivity contribution is 0.149. The van der Waals surface area contributed by atoms with Crippen molar-refractivity contribution in [1.82, 2.24) is 0 Å². The Morgan fingerprint density at radius 1 is 1.38 bits per heavy atom. The first kappa shape index (κ1) is 9.78. The molecule has 86 valence electrons. The summed E-state index contributed by atoms with van der Waals surface area (Å²) >= 11 is 0. The molecule has 1 aromatic carbocycles. The van der Waals surface area contributed by atoms with E-state index < -0.39 is 5.60 Å². The van der Waals surface area contributed by atoms with Gasteiger partial charge in [-0.1, -0.05) is 6.07 Å². The van der Waals surface area contributed by atoms with E-state index in [1.165, 1.54) is 0 Å². The molecule has 0 aromatic heterocycles. The van der Waals surface area contributed by atoms with Crippen molar-refractivity contribution in [2.45, 2.75) is 24.9 Å². The monoisotopic (exact) mass is 222 g/mol. The van der Waals surface area contributed by atoms with Gasteiger partial charge >= 0.3 is 0 Å². The van der Waals surface area contributed by atoms with Crippen LogP contribution in [0.2, 0.25) is 0 Å². The lowest BCUT2D eigenvalue weighted by atomic mass is 10.0. The van der Waals surface area contributed by atoms with E-state index in [0.29, 0.717) is 23.7 Å². The predicted molar refractivity (Wildman–Crippen MR) is 57.0 cm³/mol. The van der Waals surface area contributed by atoms with E-state index in [1.807, 2.05) is 12.1 Å². The third-order valence-electron chi connectivity index (χ3n) is 3.13. The standard InChI is InChI=1S/C12H14O4/c1-14-10-8(6-12(13)4-5-12)2-3-9-11(10)16-7-15-9/h2-3,13H,4-7H2,1H3. The molecule has 1 aromatic rings. The second-order valence-electron chi connectivity index (χ2n) is 4.39. The third-order valence-corrected chi connectivity index (χ3v) is 3.13. The molecular weight excluding hydrogens is 208 g/mol. The lowest BCUT2D eigenvalue weighted by Gasteiger charge is -2.13. The van der Waals surface area contributed by atoms with E-state index in [1.54, 1.807) is 7.11 Å². The SMILES string of the molecule is COc1c(CC2(O)CC2)ccc2c1OCO2. The van der Waals surface area contributed by atoms with Crippen LogP contribution < -0.4 is 14.2 Å². The van der Waals surface area contributed by atoms with Crippen molar-refractivity contribution >= 4 is 0 Å². The van der Waals surface area contributed by atoms with Gasteiger partial charge < -0.3 is 19.3 Å². The van der Waals surface area contributed by atoms with Gasteiger partial charge in [0.1, 0.15) is 0 Å². The summed E-state index contributed by atoms with van der Waals surface area (Å²) in [6, 6.07) is 3.80. The Bertz CT molecular complexity index is 423. The molecule has 0 spiro atoms. The molecule has 1 aliphatic heterocycles. The van der Waals surface area contributed by atoms with Crippen LogP contribution in [0, 0.1) is 0 Å². The topological polar surface area (TPSA) is 47.9 Å². The van der Waals surface area contributed by atoms with Crippen molar-refractivity contribution in [1.29, 1.82) is 0 Å². The summed E-state index contributed by atoms with van der Waals surface area (Å²) in [5, 5.41) is 9.92. The van der Waals surface area contributed by atoms with Gasteiger partial charge in [0.05, 0.1) is 12.7 Å². The van der Waals surface area contributed by atoms with Crippen molar-refractivity contribution in [3.63, 3.8) is 0 Å². The van der Waals surface area contributed by atoms with Gasteiger partial charge in [0.2, 0.25) is 12.5 Å². The lowest BCUT2D eigenvalue weighted by Crippen LogP contribution is -2.11. The number of benzene rings is 1. The molecule has 0 amide bonds. The van der Waals surface area contributed by atoms with Crippen molar-refractivity contribution in [2.24, 2.45) is 0 Å². The van der Waals surface area contributed by atoms with Crippen LogP contribution in [0.5, 0.6) is 17.2 Å². The van der Waals surface area contributed by atoms with Gasteiger partial charge in [-0.05, 0) is 18.9 Å². The van der Waals surface area contributed by atoms with Gasteiger partial charge in [0.25, 0.3) is 0 Å². The fraction of sp³-hybridized carbons (Fsp3) is 0.500. The number of hydrogen-bond donors (Lipinski definition) is 1. The molecule has 1 fully saturated rings. The molecule has 1 saturated carbocycles. The Labute approximate surface area is 93.7 Å². The summed E-state index contributed by atoms with van der Waals surface area (Å²) < 4.78 is 16.0. The van der Waals surface area contributed by atoms with Gasteiger partial charge in [-0.3, -0.25) is 0 Å². The van der Waals surface area contributed by atoms with E-state index >= 15 is 0 Å². The molecule has 0 unspecified atom stereocenters. The summed E-state index contributed by atoms with van der Waals surface area (Å²) in [4.78, 5) is 0. The highest BCUT2D eigenvalue weighted by Gasteiger charge is 2.41. The number of ether oxygens (including phenoxy) is 3. The van der Waals surface area contributed by atoms with E-state index in [2.05, 4.69) is 0 Å². The molecule has 0 bridgehead atoms. The number of rotatable bonds is 3. The van der Waals surface area contributed by atoms with Crippen LogP contribution in [0.1, 0.15) is 18.4 Å². The molecule has 1 heterocycles. The van der Waals surface area contributed by atoms with Crippen LogP contribution in [-0.2, 0) is 6.42 Å². The molecular formula is C12H14O4. The Balaban J connectivity index is 1.98. The highest BCUT2D eigenvalue weighted by atomic mass is 16.7. The summed E-state index contributed by atoms with van der Waals surface area (Å²) in [5.74, 6) is 2.06. The molecule has 1 aliphatic carbocycles. The highest BCUT2D eigenvalue weighted by Crippen LogP contribution is 2.46. The first-order valence-corrected chi connectivity index (χ1v) is 5.40. The molecule has 4 nitrogen and oxygen atoms in total. The van der Waals surface area contributed by atoms with Crippen LogP contribution in [0.3, 0.4) is 0 Å². The normalized spacial score (nSPS) is 19.6. The smallest absolute Gasteiger partial charge is 0.231 e. The maximum Gasteiger partial charge on any atom is 0.231 e. The zero-order valence-electron chi connectivity index (χ0n) is 9.16. The predicted octanol–water partition coefficient (Wildman–Crippen LogP) is 1.49. The van der Waals surface area contributed by atoms with Gasteiger partial charge in [-0.2, -0.15) is 0 Å². The fourth-order valence-electron chi connectivity index (χ4n) is 2.03. The van der Waals surface area contributed by atoms with Gasteiger partial charge in [-0.25, -0.2) is 0 Å². The zero-order valence-corrected chi connectivity index (χ0v) is 9.16. The van der Waals surface area contributed by atoms with Gasteiger partial charge in [0, 0.05) is 12.0 Å². The Hall–Kier alpha value is -1.42. The maximum atomic E-state index is 9.92. The molecule has 2 aliphatic rings. The summed E-state index contributed by atoms with van der Waals surface area (Å²) in [7, 11) is 1.61. The van der Waals surface area contributed by atoms with Gasteiger partial charge in [0.15, 0.2) is 11.5 Å².